The summed E-state index contributed by atoms with van der Waals surface area (Å²) in [5, 5.41) is 46.6. The normalized spacial score (nSPS) is 16.1. The predicted octanol–water partition coefficient (Wildman–Crippen LogP) is -9.43. The standard InChI is InChI=1S/C65H112N23O21PS/c1-33(2)49(60(101)83-42(29-36-15-6-5-7-16-36)56(97)85-45(32-111)63(104)105)86-57(98)43(30-48(70)91)82-58(99)44(31-109-110(106,107)108)84-61(102)50(35(4)89)87-51(92)34(3)77-53(94)39(19-12-26-75-64(71)72)79-55(96)40(22-23-47(69)90)80-59(100)46-21-14-28-88(46)62(103)41(20-13-27-76-65(73)74)81-54(95)38(18-9-11-25-67)78-52(93)37(68)17-8-10-24-66/h5-7,15-16,33-35,37-46,49-50,89,111H,8-14,17-32,66-68H2,1-4H3,(H2,69,90)(H2,70,91)(H,77,94)(H,78,93)(H,79,96)(H,80,100)(H,81,95)(H,82,99)(H,83,101)(H,84,102)(H,85,97)(H,86,98)(H,87,92)(H,104,105)(H4,71,72,75)(H4,73,74,76)(H2,106,107,108)/t34-,35+,37-,38-,39-,40-,41-,42-,43-,44-,45-,46-,49-,50-/m0/s1. The molecule has 624 valence electrons. The quantitative estimate of drug-likeness (QED) is 0.00947. The van der Waals surface area contributed by atoms with E-state index in [1.165, 1.54) is 18.7 Å². The minimum Gasteiger partial charge on any atom is -0.480 e. The number of aliphatic imine (C=N–C) groups is 2. The molecule has 14 amide bonds. The van der Waals surface area contributed by atoms with Crippen LogP contribution < -0.4 is 110 Å². The lowest BCUT2D eigenvalue weighted by Crippen LogP contribution is -2.63. The second kappa shape index (κ2) is 50.1. The van der Waals surface area contributed by atoms with Crippen molar-refractivity contribution in [3.63, 3.8) is 0 Å². The number of aliphatic hydroxyl groups excluding tert-OH is 1. The van der Waals surface area contributed by atoms with Gasteiger partial charge in [0.05, 0.1) is 25.2 Å². The molecule has 1 heterocycles. The number of phosphoric ester groups is 1. The van der Waals surface area contributed by atoms with Crippen LogP contribution in [-0.2, 0) is 87.4 Å². The van der Waals surface area contributed by atoms with Crippen LogP contribution in [0.2, 0.25) is 0 Å². The van der Waals surface area contributed by atoms with Crippen molar-refractivity contribution in [2.24, 2.45) is 67.5 Å². The van der Waals surface area contributed by atoms with E-state index >= 15 is 0 Å². The highest BCUT2D eigenvalue weighted by Gasteiger charge is 2.42. The fourth-order valence-electron chi connectivity index (χ4n) is 11.0. The molecule has 1 saturated heterocycles. The van der Waals surface area contributed by atoms with Crippen molar-refractivity contribution >= 4 is 121 Å². The lowest BCUT2D eigenvalue weighted by Gasteiger charge is -2.31. The molecular formula is C65H112N23O21PS. The molecule has 0 aromatic heterocycles. The number of hydrogen-bond acceptors (Lipinski definition) is 24. The van der Waals surface area contributed by atoms with Crippen molar-refractivity contribution in [2.45, 2.75) is 215 Å². The van der Waals surface area contributed by atoms with Crippen molar-refractivity contribution in [1.82, 2.24) is 63.4 Å². The number of primary amides is 2. The molecule has 1 aliphatic heterocycles. The molecule has 111 heavy (non-hydrogen) atoms. The number of likely N-dealkylation sites (tertiary alicyclic amines) is 1. The van der Waals surface area contributed by atoms with Crippen molar-refractivity contribution in [1.29, 1.82) is 0 Å². The number of carboxylic acids is 1. The summed E-state index contributed by atoms with van der Waals surface area (Å²) >= 11 is 3.97. The Morgan fingerprint density at radius 2 is 1.00 bits per heavy atom. The van der Waals surface area contributed by atoms with Crippen LogP contribution in [0.5, 0.6) is 0 Å². The van der Waals surface area contributed by atoms with Crippen molar-refractivity contribution in [2.75, 3.05) is 45.1 Å². The zero-order chi connectivity index (χ0) is 83.8. The number of thiol groups is 1. The second-order valence-electron chi connectivity index (χ2n) is 26.6. The zero-order valence-corrected chi connectivity index (χ0v) is 64.3. The first-order valence-corrected chi connectivity index (χ1v) is 38.0. The van der Waals surface area contributed by atoms with Crippen molar-refractivity contribution in [3.05, 3.63) is 35.9 Å². The molecule has 0 aliphatic carbocycles. The number of rotatable bonds is 53. The third-order valence-corrected chi connectivity index (χ3v) is 17.9. The summed E-state index contributed by atoms with van der Waals surface area (Å²) in [5.41, 5.74) is 51.0. The van der Waals surface area contributed by atoms with E-state index in [0.717, 1.165) is 13.8 Å². The number of phosphoric acid groups is 1. The zero-order valence-electron chi connectivity index (χ0n) is 62.5. The van der Waals surface area contributed by atoms with Crippen LogP contribution >= 0.6 is 20.5 Å². The molecule has 1 fully saturated rings. The Hall–Kier alpha value is -9.89. The average Bonchev–Trinajstić information content (AvgIpc) is 1.80. The summed E-state index contributed by atoms with van der Waals surface area (Å²) in [5.74, 6) is -18.2. The molecule has 2 rings (SSSR count). The number of guanidine groups is 2. The Bertz CT molecular complexity index is 3420. The number of hydrogen-bond donors (Lipinski definition) is 25. The fraction of sp³-hybridized carbons (Fsp3) is 0.646. The molecule has 0 bridgehead atoms. The van der Waals surface area contributed by atoms with Gasteiger partial charge in [-0.1, -0.05) is 50.6 Å². The van der Waals surface area contributed by atoms with Crippen LogP contribution in [0.4, 0.5) is 0 Å². The number of carbonyl (C=O) groups is 15. The molecule has 0 unspecified atom stereocenters. The van der Waals surface area contributed by atoms with E-state index in [1.54, 1.807) is 30.3 Å². The van der Waals surface area contributed by atoms with Gasteiger partial charge in [0, 0.05) is 38.2 Å². The molecule has 1 aromatic carbocycles. The maximum Gasteiger partial charge on any atom is 0.469 e. The Kier molecular flexibility index (Phi) is 43.9. The minimum atomic E-state index is -5.53. The van der Waals surface area contributed by atoms with Gasteiger partial charge in [0.1, 0.15) is 72.5 Å². The van der Waals surface area contributed by atoms with E-state index in [1.807, 2.05) is 5.32 Å². The largest absolute Gasteiger partial charge is 0.480 e. The molecule has 0 saturated carbocycles. The van der Waals surface area contributed by atoms with E-state index in [9.17, 15) is 96.5 Å². The Balaban J connectivity index is 2.49. The highest BCUT2D eigenvalue weighted by molar-refractivity contribution is 7.80. The van der Waals surface area contributed by atoms with Gasteiger partial charge in [0.15, 0.2) is 11.9 Å². The monoisotopic (exact) mass is 1610 g/mol. The van der Waals surface area contributed by atoms with E-state index < -0.39 is 213 Å². The number of aliphatic hydroxyl groups is 1. The summed E-state index contributed by atoms with van der Waals surface area (Å²) in [4.78, 5) is 234. The van der Waals surface area contributed by atoms with Crippen LogP contribution in [0.1, 0.15) is 130 Å². The van der Waals surface area contributed by atoms with Crippen LogP contribution in [0.3, 0.4) is 0 Å². The van der Waals surface area contributed by atoms with Gasteiger partial charge in [-0.05, 0) is 115 Å². The van der Waals surface area contributed by atoms with Gasteiger partial charge in [-0.25, -0.2) is 9.36 Å². The van der Waals surface area contributed by atoms with Gasteiger partial charge in [-0.15, -0.1) is 0 Å². The summed E-state index contributed by atoms with van der Waals surface area (Å²) in [6.07, 6.45) is -1.79. The third-order valence-electron chi connectivity index (χ3n) is 17.0. The fourth-order valence-corrected chi connectivity index (χ4v) is 11.6. The number of nitrogens with two attached hydrogens (primary N) is 9. The van der Waals surface area contributed by atoms with Crippen molar-refractivity contribution < 1.29 is 101 Å². The SMILES string of the molecule is CC(C)[C@H](NC(=O)[C@H](CC(N)=O)NC(=O)[C@H](COP(=O)(O)O)NC(=O)[C@@H](NC(=O)[C@H](C)NC(=O)[C@H](CCCN=C(N)N)NC(=O)[C@H](CCC(N)=O)NC(=O)[C@@H]1CCCN1C(=O)[C@H](CCCN=C(N)N)NC(=O)[C@H](CCCCN)NC(=O)[C@@H](N)CCCCN)[C@@H](C)O)C(=O)N[C@@H](Cc1ccccc1)C(=O)N[C@@H](CS)C(=O)O. The van der Waals surface area contributed by atoms with Gasteiger partial charge in [-0.3, -0.25) is 81.6 Å². The van der Waals surface area contributed by atoms with Crippen molar-refractivity contribution in [3.8, 4) is 0 Å². The van der Waals surface area contributed by atoms with Gasteiger partial charge >= 0.3 is 13.8 Å². The predicted molar refractivity (Wildman–Crippen MR) is 404 cm³/mol. The Morgan fingerprint density at radius 3 is 1.52 bits per heavy atom. The molecule has 0 radical (unpaired) electrons. The molecule has 33 N–H and O–H groups in total. The maximum atomic E-state index is 14.7. The summed E-state index contributed by atoms with van der Waals surface area (Å²) < 4.78 is 16.5. The summed E-state index contributed by atoms with van der Waals surface area (Å²) in [6.45, 7) is 4.04. The maximum absolute atomic E-state index is 14.7. The summed E-state index contributed by atoms with van der Waals surface area (Å²) in [6, 6.07) is -12.7. The number of amides is 14. The number of nitrogens with one attached hydrogen (secondary N) is 11. The molecule has 0 spiro atoms. The first-order valence-electron chi connectivity index (χ1n) is 35.9. The van der Waals surface area contributed by atoms with E-state index in [4.69, 9.17) is 51.6 Å². The smallest absolute Gasteiger partial charge is 0.469 e. The topological polar surface area (TPSA) is 758 Å². The molecule has 46 heteroatoms. The first kappa shape index (κ1) is 97.2. The molecular weight excluding hydrogens is 1500 g/mol. The molecule has 1 aliphatic rings. The van der Waals surface area contributed by atoms with E-state index in [2.05, 4.69) is 80.3 Å². The van der Waals surface area contributed by atoms with Gasteiger partial charge in [0.25, 0.3) is 0 Å². The highest BCUT2D eigenvalue weighted by Crippen LogP contribution is 2.35. The average molecular weight is 1610 g/mol. The number of unbranched alkanes of at least 4 members (excludes halogenated alkanes) is 2. The lowest BCUT2D eigenvalue weighted by molar-refractivity contribution is -0.143. The number of carboxylic acid groups (broad SMARTS) is 1. The van der Waals surface area contributed by atoms with Gasteiger partial charge in [-0.2, -0.15) is 12.6 Å². The Morgan fingerprint density at radius 1 is 0.541 bits per heavy atom. The van der Waals surface area contributed by atoms with E-state index in [-0.39, 0.29) is 102 Å². The first-order chi connectivity index (χ1) is 52.1. The lowest BCUT2D eigenvalue weighted by atomic mass is 10.00. The van der Waals surface area contributed by atoms with Crippen LogP contribution in [0, 0.1) is 5.92 Å². The summed E-state index contributed by atoms with van der Waals surface area (Å²) in [7, 11) is -5.53. The van der Waals surface area contributed by atoms with E-state index in [0.29, 0.717) is 37.8 Å². The number of aliphatic carboxylic acids is 1. The second-order valence-corrected chi connectivity index (χ2v) is 28.2. The number of nitrogens with zero attached hydrogens (tertiary/aromatic N) is 3. The van der Waals surface area contributed by atoms with Crippen LogP contribution in [-0.4, -0.2) is 255 Å². The van der Waals surface area contributed by atoms with Gasteiger partial charge in [0.2, 0.25) is 82.7 Å². The number of carbonyl (C=O) groups excluding carboxylic acids is 14. The van der Waals surface area contributed by atoms with Gasteiger partial charge < -0.3 is 135 Å². The number of benzene rings is 1. The molecule has 44 nitrogen and oxygen atoms in total. The van der Waals surface area contributed by atoms with Crippen LogP contribution in [0.25, 0.3) is 0 Å². The third kappa shape index (κ3) is 37.1. The Labute approximate surface area is 646 Å². The minimum absolute atomic E-state index is 0.0160. The highest BCUT2D eigenvalue weighted by atomic mass is 32.1. The van der Waals surface area contributed by atoms with Crippen LogP contribution in [0.15, 0.2) is 40.3 Å². The molecule has 1 aromatic rings. The molecule has 14 atom stereocenters.